The number of anilines is 1. The van der Waals surface area contributed by atoms with Crippen LogP contribution < -0.4 is 10.6 Å². The molecule has 172 valence electrons. The Bertz CT molecular complexity index is 1120. The van der Waals surface area contributed by atoms with Crippen LogP contribution in [0.3, 0.4) is 0 Å². The Balaban J connectivity index is 1.38. The number of piperidine rings is 1. The molecule has 1 unspecified atom stereocenters. The van der Waals surface area contributed by atoms with Gasteiger partial charge >= 0.3 is 0 Å². The number of hydrogen-bond acceptors (Lipinski definition) is 4. The zero-order chi connectivity index (χ0) is 23.2. The fourth-order valence-corrected chi connectivity index (χ4v) is 4.47. The molecule has 2 N–H and O–H groups in total. The molecule has 6 nitrogen and oxygen atoms in total. The molecule has 0 radical (unpaired) electrons. The Kier molecular flexibility index (Phi) is 7.70. The normalized spacial score (nSPS) is 16.4. The van der Waals surface area contributed by atoms with Gasteiger partial charge in [0, 0.05) is 23.1 Å². The van der Waals surface area contributed by atoms with Crippen molar-refractivity contribution in [2.45, 2.75) is 25.9 Å². The van der Waals surface area contributed by atoms with Crippen molar-refractivity contribution in [3.8, 4) is 0 Å². The summed E-state index contributed by atoms with van der Waals surface area (Å²) in [7, 11) is 0. The van der Waals surface area contributed by atoms with Gasteiger partial charge in [-0.3, -0.25) is 14.5 Å². The van der Waals surface area contributed by atoms with Gasteiger partial charge in [-0.1, -0.05) is 41.4 Å². The van der Waals surface area contributed by atoms with E-state index in [1.54, 1.807) is 48.7 Å². The molecule has 1 fully saturated rings. The summed E-state index contributed by atoms with van der Waals surface area (Å²) in [5.41, 5.74) is 1.90. The number of nitrogens with zero attached hydrogens (tertiary/aromatic N) is 1. The molecular weight excluding hydrogens is 461 g/mol. The minimum Gasteiger partial charge on any atom is -0.467 e. The van der Waals surface area contributed by atoms with Gasteiger partial charge in [-0.15, -0.1) is 0 Å². The first-order valence-corrected chi connectivity index (χ1v) is 11.6. The van der Waals surface area contributed by atoms with Gasteiger partial charge in [0.25, 0.3) is 5.91 Å². The molecule has 1 atom stereocenters. The SMILES string of the molecule is O=C(NCc1ccco1)c1ccccc1NC(=O)C1CCCN(Cc2ccc(Cl)cc2Cl)C1. The maximum absolute atomic E-state index is 13.1. The van der Waals surface area contributed by atoms with Crippen molar-refractivity contribution in [2.24, 2.45) is 5.92 Å². The van der Waals surface area contributed by atoms with Crippen molar-refractivity contribution in [2.75, 3.05) is 18.4 Å². The molecule has 1 aromatic heterocycles. The number of benzene rings is 2. The van der Waals surface area contributed by atoms with Crippen LogP contribution in [0.1, 0.15) is 34.5 Å². The molecule has 4 rings (SSSR count). The summed E-state index contributed by atoms with van der Waals surface area (Å²) >= 11 is 12.3. The average Bonchev–Trinajstić information content (AvgIpc) is 3.34. The maximum atomic E-state index is 13.1. The van der Waals surface area contributed by atoms with Crippen molar-refractivity contribution < 1.29 is 14.0 Å². The monoisotopic (exact) mass is 485 g/mol. The molecule has 1 saturated heterocycles. The molecule has 1 aliphatic heterocycles. The zero-order valence-corrected chi connectivity index (χ0v) is 19.5. The molecule has 2 heterocycles. The summed E-state index contributed by atoms with van der Waals surface area (Å²) in [4.78, 5) is 28.0. The van der Waals surface area contributed by atoms with Crippen LogP contribution in [0.4, 0.5) is 5.69 Å². The Morgan fingerprint density at radius 3 is 2.73 bits per heavy atom. The number of carbonyl (C=O) groups is 2. The number of amides is 2. The number of carbonyl (C=O) groups excluding carboxylic acids is 2. The number of rotatable bonds is 7. The van der Waals surface area contributed by atoms with Crippen molar-refractivity contribution in [3.63, 3.8) is 0 Å². The Hall–Kier alpha value is -2.80. The van der Waals surface area contributed by atoms with Gasteiger partial charge in [-0.25, -0.2) is 0 Å². The van der Waals surface area contributed by atoms with E-state index in [0.29, 0.717) is 40.1 Å². The van der Waals surface area contributed by atoms with E-state index in [9.17, 15) is 9.59 Å². The molecular formula is C25H25Cl2N3O3. The fraction of sp³-hybridized carbons (Fsp3) is 0.280. The highest BCUT2D eigenvalue weighted by molar-refractivity contribution is 6.35. The summed E-state index contributed by atoms with van der Waals surface area (Å²) in [5, 5.41) is 7.02. The summed E-state index contributed by atoms with van der Waals surface area (Å²) in [6.07, 6.45) is 3.27. The molecule has 33 heavy (non-hydrogen) atoms. The van der Waals surface area contributed by atoms with Crippen LogP contribution in [0, 0.1) is 5.92 Å². The number of likely N-dealkylation sites (tertiary alicyclic amines) is 1. The van der Waals surface area contributed by atoms with E-state index >= 15 is 0 Å². The van der Waals surface area contributed by atoms with Crippen molar-refractivity contribution in [3.05, 3.63) is 87.8 Å². The predicted molar refractivity (Wildman–Crippen MR) is 129 cm³/mol. The van der Waals surface area contributed by atoms with Crippen LogP contribution in [0.2, 0.25) is 10.0 Å². The van der Waals surface area contributed by atoms with Gasteiger partial charge in [0.15, 0.2) is 0 Å². The van der Waals surface area contributed by atoms with Crippen LogP contribution in [0.15, 0.2) is 65.3 Å². The van der Waals surface area contributed by atoms with E-state index in [0.717, 1.165) is 24.9 Å². The first-order chi connectivity index (χ1) is 16.0. The van der Waals surface area contributed by atoms with Gasteiger partial charge in [0.05, 0.1) is 30.0 Å². The molecule has 8 heteroatoms. The highest BCUT2D eigenvalue weighted by Gasteiger charge is 2.27. The largest absolute Gasteiger partial charge is 0.467 e. The zero-order valence-electron chi connectivity index (χ0n) is 18.0. The minimum absolute atomic E-state index is 0.0896. The van der Waals surface area contributed by atoms with Crippen molar-refractivity contribution >= 4 is 40.7 Å². The van der Waals surface area contributed by atoms with Crippen LogP contribution in [-0.2, 0) is 17.9 Å². The van der Waals surface area contributed by atoms with E-state index in [2.05, 4.69) is 15.5 Å². The third kappa shape index (κ3) is 6.16. The molecule has 0 spiro atoms. The third-order valence-electron chi connectivity index (χ3n) is 5.72. The maximum Gasteiger partial charge on any atom is 0.253 e. The molecule has 2 amide bonds. The summed E-state index contributed by atoms with van der Waals surface area (Å²) in [6.45, 7) is 2.46. The number of nitrogens with one attached hydrogen (secondary N) is 2. The second-order valence-electron chi connectivity index (χ2n) is 8.11. The lowest BCUT2D eigenvalue weighted by Gasteiger charge is -2.32. The topological polar surface area (TPSA) is 74.6 Å². The summed E-state index contributed by atoms with van der Waals surface area (Å²) in [6, 6.07) is 16.1. The second kappa shape index (κ2) is 10.9. The van der Waals surface area contributed by atoms with Crippen LogP contribution in [-0.4, -0.2) is 29.8 Å². The summed E-state index contributed by atoms with van der Waals surface area (Å²) in [5.74, 6) is 0.121. The van der Waals surface area contributed by atoms with Crippen molar-refractivity contribution in [1.82, 2.24) is 10.2 Å². The minimum atomic E-state index is -0.273. The lowest BCUT2D eigenvalue weighted by molar-refractivity contribution is -0.121. The standard InChI is InChI=1S/C25H25Cl2N3O3/c26-19-10-9-17(22(27)13-19)15-30-11-3-5-18(16-30)24(31)29-23-8-2-1-7-21(23)25(32)28-14-20-6-4-12-33-20/h1-2,4,6-10,12-13,18H,3,5,11,14-16H2,(H,28,32)(H,29,31). The molecule has 2 aromatic carbocycles. The molecule has 3 aromatic rings. The highest BCUT2D eigenvalue weighted by atomic mass is 35.5. The van der Waals surface area contributed by atoms with Gasteiger partial charge in [-0.2, -0.15) is 0 Å². The van der Waals surface area contributed by atoms with E-state index in [4.69, 9.17) is 27.6 Å². The first kappa shape index (κ1) is 23.4. The lowest BCUT2D eigenvalue weighted by atomic mass is 9.96. The predicted octanol–water partition coefficient (Wildman–Crippen LogP) is 5.37. The quantitative estimate of drug-likeness (QED) is 0.471. The first-order valence-electron chi connectivity index (χ1n) is 10.9. The van der Waals surface area contributed by atoms with Crippen LogP contribution in [0.25, 0.3) is 0 Å². The van der Waals surface area contributed by atoms with Gasteiger partial charge in [0.2, 0.25) is 5.91 Å². The highest BCUT2D eigenvalue weighted by Crippen LogP contribution is 2.26. The number of furan rings is 1. The van der Waals surface area contributed by atoms with E-state index in [1.807, 2.05) is 12.1 Å². The third-order valence-corrected chi connectivity index (χ3v) is 6.31. The number of hydrogen-bond donors (Lipinski definition) is 2. The Morgan fingerprint density at radius 1 is 1.09 bits per heavy atom. The van der Waals surface area contributed by atoms with Crippen molar-refractivity contribution in [1.29, 1.82) is 0 Å². The molecule has 0 bridgehead atoms. The smallest absolute Gasteiger partial charge is 0.253 e. The van der Waals surface area contributed by atoms with E-state index in [-0.39, 0.29) is 24.3 Å². The number of para-hydroxylation sites is 1. The van der Waals surface area contributed by atoms with Gasteiger partial charge in [0.1, 0.15) is 5.76 Å². The summed E-state index contributed by atoms with van der Waals surface area (Å²) < 4.78 is 5.26. The lowest BCUT2D eigenvalue weighted by Crippen LogP contribution is -2.40. The molecule has 0 aliphatic carbocycles. The van der Waals surface area contributed by atoms with E-state index < -0.39 is 0 Å². The van der Waals surface area contributed by atoms with Crippen LogP contribution >= 0.6 is 23.2 Å². The average molecular weight is 486 g/mol. The molecule has 1 aliphatic rings. The van der Waals surface area contributed by atoms with Gasteiger partial charge < -0.3 is 15.1 Å². The fourth-order valence-electron chi connectivity index (χ4n) is 4.00. The molecule has 0 saturated carbocycles. The van der Waals surface area contributed by atoms with Crippen LogP contribution in [0.5, 0.6) is 0 Å². The Morgan fingerprint density at radius 2 is 1.94 bits per heavy atom. The Labute approximate surface area is 202 Å². The van der Waals surface area contributed by atoms with E-state index in [1.165, 1.54) is 0 Å². The number of halogens is 2. The second-order valence-corrected chi connectivity index (χ2v) is 8.95. The van der Waals surface area contributed by atoms with Gasteiger partial charge in [-0.05, 0) is 61.3 Å².